The van der Waals surface area contributed by atoms with Crippen LogP contribution >= 0.6 is 0 Å². The number of pyridine rings is 4. The van der Waals surface area contributed by atoms with Gasteiger partial charge in [0, 0.05) is 96.6 Å². The predicted octanol–water partition coefficient (Wildman–Crippen LogP) is 18.6. The van der Waals surface area contributed by atoms with Gasteiger partial charge in [-0.15, -0.1) is 0 Å². The van der Waals surface area contributed by atoms with E-state index in [1.54, 1.807) is 0 Å². The molecule has 9 aromatic heterocycles. The van der Waals surface area contributed by atoms with Gasteiger partial charge in [0.15, 0.2) is 11.6 Å². The van der Waals surface area contributed by atoms with Crippen molar-refractivity contribution in [1.29, 1.82) is 0 Å². The van der Waals surface area contributed by atoms with Gasteiger partial charge in [0.1, 0.15) is 22.5 Å². The Morgan fingerprint density at radius 3 is 1.13 bits per heavy atom. The number of aromatic nitrogens is 8. The van der Waals surface area contributed by atoms with Gasteiger partial charge in [0.2, 0.25) is 0 Å². The molecule has 0 amide bonds. The first kappa shape index (κ1) is 45.4. The first-order chi connectivity index (χ1) is 41.2. The van der Waals surface area contributed by atoms with Crippen LogP contribution in [-0.4, -0.2) is 38.2 Å². The van der Waals surface area contributed by atoms with Crippen molar-refractivity contribution in [3.8, 4) is 56.4 Å². The summed E-state index contributed by atoms with van der Waals surface area (Å²) in [5, 5.41) is 10.6. The maximum Gasteiger partial charge on any atom is 0.165 e. The first-order valence-corrected chi connectivity index (χ1v) is 27.9. The van der Waals surface area contributed by atoms with Crippen molar-refractivity contribution >= 4 is 109 Å². The van der Waals surface area contributed by atoms with E-state index in [0.29, 0.717) is 0 Å². The molecule has 0 spiro atoms. The van der Waals surface area contributed by atoms with Gasteiger partial charge in [-0.1, -0.05) is 152 Å². The number of nitrogens with zero attached hydrogens (tertiary/aromatic N) is 8. The van der Waals surface area contributed by atoms with Crippen LogP contribution in [0.15, 0.2) is 272 Å². The van der Waals surface area contributed by atoms with Gasteiger partial charge >= 0.3 is 0 Å². The first-order valence-electron chi connectivity index (χ1n) is 27.9. The van der Waals surface area contributed by atoms with Crippen LogP contribution in [0, 0.1) is 0 Å². The zero-order chi connectivity index (χ0) is 54.3. The van der Waals surface area contributed by atoms with E-state index >= 15 is 0 Å². The number of rotatable bonds is 7. The van der Waals surface area contributed by atoms with E-state index in [1.807, 2.05) is 43.2 Å². The third kappa shape index (κ3) is 6.58. The topological polar surface area (TPSA) is 84.4 Å². The molecule has 9 nitrogen and oxygen atoms in total. The molecular formula is C74H44N8O. The highest BCUT2D eigenvalue weighted by molar-refractivity contribution is 6.17. The lowest BCUT2D eigenvalue weighted by molar-refractivity contribution is 0.669. The molecule has 0 saturated carbocycles. The maximum atomic E-state index is 6.67. The van der Waals surface area contributed by atoms with Gasteiger partial charge in [0.25, 0.3) is 0 Å². The molecule has 0 aliphatic rings. The van der Waals surface area contributed by atoms with E-state index in [0.717, 1.165) is 166 Å². The molecular weight excluding hydrogens is 1020 g/mol. The lowest BCUT2D eigenvalue weighted by Gasteiger charge is -2.27. The molecule has 9 heteroatoms. The van der Waals surface area contributed by atoms with Crippen molar-refractivity contribution in [2.75, 3.05) is 0 Å². The zero-order valence-electron chi connectivity index (χ0n) is 44.4. The number of fused-ring (bicyclic) bond motifs is 15. The fraction of sp³-hybridized carbons (Fsp3) is 0. The van der Waals surface area contributed by atoms with Crippen LogP contribution < -0.4 is 0 Å². The molecule has 386 valence electrons. The molecule has 0 unspecified atom stereocenters. The van der Waals surface area contributed by atoms with Gasteiger partial charge in [-0.05, 0) is 107 Å². The summed E-state index contributed by atoms with van der Waals surface area (Å²) in [6.07, 6.45) is 11.7. The monoisotopic (exact) mass is 1060 g/mol. The molecule has 0 atom stereocenters. The van der Waals surface area contributed by atoms with E-state index in [1.165, 1.54) is 0 Å². The van der Waals surface area contributed by atoms with Crippen LogP contribution in [0.4, 0.5) is 0 Å². The molecule has 0 aliphatic carbocycles. The van der Waals surface area contributed by atoms with Crippen LogP contribution in [0.25, 0.3) is 166 Å². The molecule has 0 radical (unpaired) electrons. The van der Waals surface area contributed by atoms with Gasteiger partial charge in [-0.25, -0.2) is 4.98 Å². The summed E-state index contributed by atoms with van der Waals surface area (Å²) >= 11 is 0. The third-order valence-corrected chi connectivity index (χ3v) is 17.0. The molecule has 0 fully saturated rings. The Morgan fingerprint density at radius 2 is 0.627 bits per heavy atom. The smallest absolute Gasteiger partial charge is 0.165 e. The lowest BCUT2D eigenvalue weighted by Crippen LogP contribution is -2.16. The standard InChI is InChI=1S/C74H44N8O/c1-3-15-45(16-4-1)47-27-30-63-54(39-47)55-40-48(46-17-5-2-6-18-46)28-31-64(55)82(63)74-72(80-61-24-12-8-20-51(61)58-43-76-37-34-66(58)80)70(49-29-32-69-56(41-49)53-22-10-14-26-68(53)83-69)71(79-60-23-11-7-19-50(60)57-42-75-36-33-65(57)79)73(78-74)81-62-25-13-9-21-52(62)59-44-77-38-35-67(59)81/h1-44H. The Balaban J connectivity index is 1.13. The number of hydrogen-bond acceptors (Lipinski definition) is 5. The van der Waals surface area contributed by atoms with E-state index in [2.05, 4.69) is 243 Å². The van der Waals surface area contributed by atoms with Crippen LogP contribution in [-0.2, 0) is 0 Å². The minimum absolute atomic E-state index is 0.729. The average Bonchev–Trinajstić information content (AvgIpc) is 2.54. The molecule has 0 aliphatic heterocycles. The minimum Gasteiger partial charge on any atom is -0.456 e. The SMILES string of the molecule is c1ccc(-c2ccc3c(c2)c2cc(-c4ccccc4)ccc2n3-c2nc(-n3c4ccccc4c4cnccc43)c(-n3c4ccccc4c4cnccc43)c(-c3ccc4oc5ccccc5c4c3)c2-n2c3ccccc3c3cnccc32)cc1. The fourth-order valence-electron chi connectivity index (χ4n) is 13.5. The summed E-state index contributed by atoms with van der Waals surface area (Å²) in [6.45, 7) is 0. The van der Waals surface area contributed by atoms with Crippen molar-refractivity contribution in [3.63, 3.8) is 0 Å². The Bertz CT molecular complexity index is 5450. The molecule has 18 rings (SSSR count). The number of furan rings is 1. The predicted molar refractivity (Wildman–Crippen MR) is 339 cm³/mol. The van der Waals surface area contributed by atoms with E-state index in [-0.39, 0.29) is 0 Å². The Labute approximate surface area is 473 Å². The third-order valence-electron chi connectivity index (χ3n) is 17.0. The van der Waals surface area contributed by atoms with Crippen molar-refractivity contribution < 1.29 is 4.42 Å². The lowest BCUT2D eigenvalue weighted by atomic mass is 9.98. The number of hydrogen-bond donors (Lipinski definition) is 0. The quantitative estimate of drug-likeness (QED) is 0.159. The summed E-state index contributed by atoms with van der Waals surface area (Å²) in [5.41, 5.74) is 17.9. The largest absolute Gasteiger partial charge is 0.456 e. The molecule has 9 aromatic carbocycles. The van der Waals surface area contributed by atoms with Crippen LogP contribution in [0.5, 0.6) is 0 Å². The zero-order valence-corrected chi connectivity index (χ0v) is 44.4. The van der Waals surface area contributed by atoms with Crippen molar-refractivity contribution in [3.05, 3.63) is 268 Å². The van der Waals surface area contributed by atoms with E-state index < -0.39 is 0 Å². The number of benzene rings is 9. The summed E-state index contributed by atoms with van der Waals surface area (Å²) in [7, 11) is 0. The van der Waals surface area contributed by atoms with E-state index in [9.17, 15) is 0 Å². The van der Waals surface area contributed by atoms with Crippen LogP contribution in [0.2, 0.25) is 0 Å². The van der Waals surface area contributed by atoms with Gasteiger partial charge in [0.05, 0.1) is 44.1 Å². The molecule has 83 heavy (non-hydrogen) atoms. The molecule has 9 heterocycles. The van der Waals surface area contributed by atoms with Crippen molar-refractivity contribution in [1.82, 2.24) is 38.2 Å². The maximum absolute atomic E-state index is 6.67. The second kappa shape index (κ2) is 17.5. The van der Waals surface area contributed by atoms with Gasteiger partial charge < -0.3 is 13.6 Å². The normalized spacial score (nSPS) is 12.1. The average molecular weight is 1060 g/mol. The number of para-hydroxylation sites is 4. The molecule has 0 saturated heterocycles. The van der Waals surface area contributed by atoms with Crippen molar-refractivity contribution in [2.24, 2.45) is 0 Å². The van der Waals surface area contributed by atoms with Gasteiger partial charge in [-0.3, -0.25) is 24.1 Å². The van der Waals surface area contributed by atoms with Gasteiger partial charge in [-0.2, -0.15) is 0 Å². The van der Waals surface area contributed by atoms with Crippen LogP contribution in [0.3, 0.4) is 0 Å². The highest BCUT2D eigenvalue weighted by Gasteiger charge is 2.33. The molecule has 0 bridgehead atoms. The Hall–Kier alpha value is -11.4. The molecule has 18 aromatic rings. The van der Waals surface area contributed by atoms with Crippen molar-refractivity contribution in [2.45, 2.75) is 0 Å². The summed E-state index contributed by atoms with van der Waals surface area (Å²) in [4.78, 5) is 20.8. The Morgan fingerprint density at radius 1 is 0.253 bits per heavy atom. The van der Waals surface area contributed by atoms with E-state index in [4.69, 9.17) is 24.4 Å². The molecule has 0 N–H and O–H groups in total. The Kier molecular flexibility index (Phi) is 9.60. The second-order valence-electron chi connectivity index (χ2n) is 21.4. The minimum atomic E-state index is 0.729. The fourth-order valence-corrected chi connectivity index (χ4v) is 13.5. The summed E-state index contributed by atoms with van der Waals surface area (Å²) in [6, 6.07) is 82.7. The van der Waals surface area contributed by atoms with Crippen LogP contribution in [0.1, 0.15) is 0 Å². The summed E-state index contributed by atoms with van der Waals surface area (Å²) < 4.78 is 16.4. The highest BCUT2D eigenvalue weighted by Crippen LogP contribution is 2.50. The summed E-state index contributed by atoms with van der Waals surface area (Å²) in [5.74, 6) is 1.46. The second-order valence-corrected chi connectivity index (χ2v) is 21.4. The highest BCUT2D eigenvalue weighted by atomic mass is 16.3.